The van der Waals surface area contributed by atoms with Gasteiger partial charge in [0.15, 0.2) is 23.0 Å². The molecule has 5 atom stereocenters. The summed E-state index contributed by atoms with van der Waals surface area (Å²) in [5, 5.41) is 21.1. The standard InChI is InChI=1S/C13H16N5O8P/c1-3-13(21)8(19)6(4-25-27(22,23)24-2)26-11(13)18-5-15-7-9(18)16-12(14)17-10(7)20/h1,5-6,8,11,19,21H,4H2,2H3,(H,22,23)(H3,14,16,17,20)/t6-,8-,11-,13-/m1/s1. The number of nitrogens with two attached hydrogens (primary N) is 1. The minimum atomic E-state index is -4.35. The number of hydrogen-bond acceptors (Lipinski definition) is 10. The number of aromatic nitrogens is 4. The first-order valence-corrected chi connectivity index (χ1v) is 8.91. The van der Waals surface area contributed by atoms with Crippen molar-refractivity contribution in [2.24, 2.45) is 0 Å². The van der Waals surface area contributed by atoms with Gasteiger partial charge in [0.25, 0.3) is 5.56 Å². The summed E-state index contributed by atoms with van der Waals surface area (Å²) in [5.74, 6) is 1.82. The molecule has 2 aromatic heterocycles. The lowest BCUT2D eigenvalue weighted by atomic mass is 9.95. The Balaban J connectivity index is 1.99. The highest BCUT2D eigenvalue weighted by Crippen LogP contribution is 2.45. The van der Waals surface area contributed by atoms with E-state index in [0.29, 0.717) is 0 Å². The van der Waals surface area contributed by atoms with E-state index in [0.717, 1.165) is 18.0 Å². The van der Waals surface area contributed by atoms with E-state index in [-0.39, 0.29) is 17.1 Å². The number of aliphatic hydroxyl groups is 2. The lowest BCUT2D eigenvalue weighted by Crippen LogP contribution is -2.45. The molecule has 1 fully saturated rings. The Kier molecular flexibility index (Phi) is 4.83. The summed E-state index contributed by atoms with van der Waals surface area (Å²) in [6, 6.07) is 0. The van der Waals surface area contributed by atoms with E-state index in [2.05, 4.69) is 24.0 Å². The van der Waals surface area contributed by atoms with Crippen molar-refractivity contribution >= 4 is 24.9 Å². The molecule has 13 nitrogen and oxygen atoms in total. The molecule has 1 saturated heterocycles. The molecule has 3 heterocycles. The van der Waals surface area contributed by atoms with E-state index in [1.165, 1.54) is 0 Å². The summed E-state index contributed by atoms with van der Waals surface area (Å²) in [6.45, 7) is -0.619. The van der Waals surface area contributed by atoms with Gasteiger partial charge in [-0.3, -0.25) is 23.4 Å². The monoisotopic (exact) mass is 401 g/mol. The molecular formula is C13H16N5O8P. The number of terminal acetylenes is 1. The average molecular weight is 401 g/mol. The number of ether oxygens (including phenoxy) is 1. The van der Waals surface area contributed by atoms with Crippen LogP contribution in [0.1, 0.15) is 6.23 Å². The molecule has 1 aliphatic rings. The number of imidazole rings is 1. The summed E-state index contributed by atoms with van der Waals surface area (Å²) >= 11 is 0. The maximum absolute atomic E-state index is 11.9. The average Bonchev–Trinajstić information content (AvgIpc) is 3.14. The number of hydrogen-bond donors (Lipinski definition) is 5. The van der Waals surface area contributed by atoms with Gasteiger partial charge in [0, 0.05) is 7.11 Å². The first-order chi connectivity index (χ1) is 12.6. The topological polar surface area (TPSA) is 195 Å². The molecule has 146 valence electrons. The lowest BCUT2D eigenvalue weighted by molar-refractivity contribution is -0.0719. The predicted molar refractivity (Wildman–Crippen MR) is 89.0 cm³/mol. The summed E-state index contributed by atoms with van der Waals surface area (Å²) in [6.07, 6.45) is 2.05. The summed E-state index contributed by atoms with van der Waals surface area (Å²) in [5.41, 5.74) is 2.47. The second-order valence-corrected chi connectivity index (χ2v) is 7.22. The lowest BCUT2D eigenvalue weighted by Gasteiger charge is -2.26. The SMILES string of the molecule is C#C[C@@]1(O)[C@H](O)[C@@H](COP(=O)(O)OC)O[C@H]1n1cnc2c(=O)[nH]c(N)nc21. The minimum Gasteiger partial charge on any atom is -0.386 e. The van der Waals surface area contributed by atoms with Crippen LogP contribution in [0.3, 0.4) is 0 Å². The van der Waals surface area contributed by atoms with E-state index in [1.54, 1.807) is 0 Å². The number of phosphoric acid groups is 1. The maximum atomic E-state index is 11.9. The Morgan fingerprint density at radius 1 is 1.63 bits per heavy atom. The van der Waals surface area contributed by atoms with Crippen molar-refractivity contribution in [1.29, 1.82) is 0 Å². The van der Waals surface area contributed by atoms with Crippen molar-refractivity contribution in [1.82, 2.24) is 19.5 Å². The molecule has 14 heteroatoms. The van der Waals surface area contributed by atoms with Crippen LogP contribution in [0, 0.1) is 12.3 Å². The summed E-state index contributed by atoms with van der Waals surface area (Å²) in [7, 11) is -3.40. The molecule has 0 aliphatic carbocycles. The Bertz CT molecular complexity index is 1010. The number of aromatic amines is 1. The molecule has 0 spiro atoms. The molecule has 0 radical (unpaired) electrons. The van der Waals surface area contributed by atoms with E-state index in [1.807, 2.05) is 5.92 Å². The first kappa shape index (κ1) is 19.5. The van der Waals surface area contributed by atoms with Gasteiger partial charge in [-0.2, -0.15) is 4.98 Å². The highest BCUT2D eigenvalue weighted by molar-refractivity contribution is 7.47. The number of nitrogen functional groups attached to an aromatic ring is 1. The van der Waals surface area contributed by atoms with Crippen molar-refractivity contribution in [2.45, 2.75) is 24.0 Å². The number of H-pyrrole nitrogens is 1. The molecule has 0 amide bonds. The molecule has 0 saturated carbocycles. The largest absolute Gasteiger partial charge is 0.472 e. The fourth-order valence-corrected chi connectivity index (χ4v) is 3.11. The van der Waals surface area contributed by atoms with Crippen LogP contribution in [0.2, 0.25) is 0 Å². The van der Waals surface area contributed by atoms with Crippen LogP contribution in [0.5, 0.6) is 0 Å². The molecule has 1 unspecified atom stereocenters. The number of rotatable bonds is 5. The molecule has 1 aliphatic heterocycles. The van der Waals surface area contributed by atoms with Crippen LogP contribution in [0.4, 0.5) is 5.95 Å². The molecule has 0 aromatic carbocycles. The zero-order valence-corrected chi connectivity index (χ0v) is 14.7. The van der Waals surface area contributed by atoms with Crippen molar-refractivity contribution in [3.05, 3.63) is 16.7 Å². The van der Waals surface area contributed by atoms with Gasteiger partial charge in [-0.05, 0) is 0 Å². The third kappa shape index (κ3) is 3.24. The second kappa shape index (κ2) is 6.70. The summed E-state index contributed by atoms with van der Waals surface area (Å²) < 4.78 is 27.0. The van der Waals surface area contributed by atoms with Crippen LogP contribution in [-0.4, -0.2) is 66.2 Å². The zero-order chi connectivity index (χ0) is 20.0. The van der Waals surface area contributed by atoms with Crippen LogP contribution < -0.4 is 11.3 Å². The van der Waals surface area contributed by atoms with Gasteiger partial charge in [0.1, 0.15) is 12.2 Å². The van der Waals surface area contributed by atoms with Gasteiger partial charge in [-0.1, -0.05) is 5.92 Å². The maximum Gasteiger partial charge on any atom is 0.472 e. The number of nitrogens with zero attached hydrogens (tertiary/aromatic N) is 3. The second-order valence-electron chi connectivity index (χ2n) is 5.66. The van der Waals surface area contributed by atoms with E-state index in [4.69, 9.17) is 16.9 Å². The molecule has 0 bridgehead atoms. The molecule has 27 heavy (non-hydrogen) atoms. The minimum absolute atomic E-state index is 0.0478. The smallest absolute Gasteiger partial charge is 0.386 e. The Morgan fingerprint density at radius 2 is 2.33 bits per heavy atom. The highest BCUT2D eigenvalue weighted by atomic mass is 31.2. The predicted octanol–water partition coefficient (Wildman–Crippen LogP) is -1.91. The van der Waals surface area contributed by atoms with Crippen molar-refractivity contribution < 1.29 is 33.5 Å². The van der Waals surface area contributed by atoms with Crippen molar-refractivity contribution in [2.75, 3.05) is 19.5 Å². The van der Waals surface area contributed by atoms with Gasteiger partial charge < -0.3 is 25.6 Å². The number of aliphatic hydroxyl groups excluding tert-OH is 1. The number of fused-ring (bicyclic) bond motifs is 1. The van der Waals surface area contributed by atoms with E-state index in [9.17, 15) is 24.5 Å². The molecular weight excluding hydrogens is 385 g/mol. The van der Waals surface area contributed by atoms with Crippen molar-refractivity contribution in [3.8, 4) is 12.3 Å². The van der Waals surface area contributed by atoms with Crippen LogP contribution in [0.15, 0.2) is 11.1 Å². The van der Waals surface area contributed by atoms with Crippen LogP contribution in [0.25, 0.3) is 11.2 Å². The third-order valence-corrected chi connectivity index (χ3v) is 4.99. The van der Waals surface area contributed by atoms with Gasteiger partial charge in [0.2, 0.25) is 5.95 Å². The molecule has 2 aromatic rings. The van der Waals surface area contributed by atoms with E-state index >= 15 is 0 Å². The quantitative estimate of drug-likeness (QED) is 0.277. The fraction of sp³-hybridized carbons (Fsp3) is 0.462. The van der Waals surface area contributed by atoms with Gasteiger partial charge in [-0.25, -0.2) is 9.55 Å². The highest BCUT2D eigenvalue weighted by Gasteiger charge is 2.56. The Hall–Kier alpha value is -2.30. The summed E-state index contributed by atoms with van der Waals surface area (Å²) in [4.78, 5) is 31.3. The van der Waals surface area contributed by atoms with Gasteiger partial charge in [0.05, 0.1) is 12.9 Å². The van der Waals surface area contributed by atoms with Gasteiger partial charge in [-0.15, -0.1) is 6.42 Å². The third-order valence-electron chi connectivity index (χ3n) is 4.05. The molecule has 6 N–H and O–H groups in total. The van der Waals surface area contributed by atoms with Crippen molar-refractivity contribution in [3.63, 3.8) is 0 Å². The van der Waals surface area contributed by atoms with Crippen LogP contribution >= 0.6 is 7.82 Å². The number of nitrogens with one attached hydrogen (secondary N) is 1. The van der Waals surface area contributed by atoms with Crippen LogP contribution in [-0.2, 0) is 18.3 Å². The Morgan fingerprint density at radius 3 is 2.96 bits per heavy atom. The fourth-order valence-electron chi connectivity index (χ4n) is 2.67. The normalized spacial score (nSPS) is 30.3. The van der Waals surface area contributed by atoms with Gasteiger partial charge >= 0.3 is 7.82 Å². The zero-order valence-electron chi connectivity index (χ0n) is 13.8. The van der Waals surface area contributed by atoms with E-state index < -0.39 is 44.0 Å². The number of anilines is 1. The number of phosphoric ester groups is 1. The molecule has 3 rings (SSSR count). The Labute approximate surface area is 151 Å². The first-order valence-electron chi connectivity index (χ1n) is 7.42.